The van der Waals surface area contributed by atoms with Crippen LogP contribution >= 0.6 is 45.5 Å². The summed E-state index contributed by atoms with van der Waals surface area (Å²) >= 11 is 9.58. The number of nitrogens with two attached hydrogens (primary N) is 1. The van der Waals surface area contributed by atoms with Crippen LogP contribution in [-0.2, 0) is 4.74 Å². The molecule has 2 rings (SSSR count). The van der Waals surface area contributed by atoms with Crippen molar-refractivity contribution in [3.8, 4) is 10.4 Å². The van der Waals surface area contributed by atoms with Gasteiger partial charge in [0.05, 0.1) is 17.3 Å². The average Bonchev–Trinajstić information content (AvgIpc) is 2.75. The van der Waals surface area contributed by atoms with Crippen LogP contribution in [0, 0.1) is 3.57 Å². The zero-order valence-corrected chi connectivity index (χ0v) is 13.8. The number of benzene rings is 1. The Bertz CT molecular complexity index is 627. The minimum Gasteiger partial charge on any atom is -0.462 e. The molecule has 0 saturated carbocycles. The van der Waals surface area contributed by atoms with E-state index in [0.717, 1.165) is 14.0 Å². The highest BCUT2D eigenvalue weighted by Crippen LogP contribution is 2.35. The van der Waals surface area contributed by atoms with E-state index >= 15 is 0 Å². The number of halogens is 2. The van der Waals surface area contributed by atoms with Crippen LogP contribution in [-0.4, -0.2) is 12.6 Å². The molecular formula is C13H11ClINO2S. The number of nitrogen functional groups attached to an aromatic ring is 1. The van der Waals surface area contributed by atoms with Crippen LogP contribution in [0.25, 0.3) is 10.4 Å². The first kappa shape index (κ1) is 14.6. The number of hydrogen-bond acceptors (Lipinski definition) is 4. The maximum atomic E-state index is 11.7. The second-order valence-electron chi connectivity index (χ2n) is 3.74. The summed E-state index contributed by atoms with van der Waals surface area (Å²) < 4.78 is 5.95. The normalized spacial score (nSPS) is 10.5. The molecule has 0 amide bonds. The van der Waals surface area contributed by atoms with Gasteiger partial charge in [0.15, 0.2) is 0 Å². The van der Waals surface area contributed by atoms with Crippen molar-refractivity contribution in [1.82, 2.24) is 0 Å². The zero-order chi connectivity index (χ0) is 14.0. The lowest BCUT2D eigenvalue weighted by molar-refractivity contribution is 0.0533. The van der Waals surface area contributed by atoms with Gasteiger partial charge in [-0.05, 0) is 53.3 Å². The molecule has 0 saturated heterocycles. The van der Waals surface area contributed by atoms with Crippen LogP contribution in [0.2, 0.25) is 5.02 Å². The summed E-state index contributed by atoms with van der Waals surface area (Å²) in [6, 6.07) is 7.52. The largest absolute Gasteiger partial charge is 0.462 e. The Hall–Kier alpha value is -0.790. The van der Waals surface area contributed by atoms with Crippen molar-refractivity contribution >= 4 is 57.2 Å². The molecule has 0 spiro atoms. The zero-order valence-electron chi connectivity index (χ0n) is 10.1. The lowest BCUT2D eigenvalue weighted by Gasteiger charge is -2.00. The van der Waals surface area contributed by atoms with Gasteiger partial charge in [-0.3, -0.25) is 0 Å². The SMILES string of the molecule is CCOC(=O)c1sc(-c2ccc(I)c(Cl)c2)cc1N. The van der Waals surface area contributed by atoms with Crippen LogP contribution < -0.4 is 5.73 Å². The van der Waals surface area contributed by atoms with Crippen molar-refractivity contribution in [3.63, 3.8) is 0 Å². The molecule has 0 fully saturated rings. The Kier molecular flexibility index (Phi) is 4.70. The van der Waals surface area contributed by atoms with Gasteiger partial charge in [-0.15, -0.1) is 11.3 Å². The first-order valence-corrected chi connectivity index (χ1v) is 7.82. The molecule has 3 nitrogen and oxygen atoms in total. The van der Waals surface area contributed by atoms with Gasteiger partial charge in [0.25, 0.3) is 0 Å². The van der Waals surface area contributed by atoms with Crippen molar-refractivity contribution in [2.75, 3.05) is 12.3 Å². The molecule has 0 atom stereocenters. The van der Waals surface area contributed by atoms with Crippen molar-refractivity contribution in [2.45, 2.75) is 6.92 Å². The second kappa shape index (κ2) is 6.11. The molecule has 0 unspecified atom stereocenters. The van der Waals surface area contributed by atoms with Crippen LogP contribution in [0.4, 0.5) is 5.69 Å². The smallest absolute Gasteiger partial charge is 0.350 e. The summed E-state index contributed by atoms with van der Waals surface area (Å²) in [6.07, 6.45) is 0. The van der Waals surface area contributed by atoms with Gasteiger partial charge in [-0.25, -0.2) is 4.79 Å². The lowest BCUT2D eigenvalue weighted by atomic mass is 10.2. The van der Waals surface area contributed by atoms with Crippen molar-refractivity contribution in [3.05, 3.63) is 37.7 Å². The Morgan fingerprint density at radius 3 is 2.84 bits per heavy atom. The van der Waals surface area contributed by atoms with Gasteiger partial charge < -0.3 is 10.5 Å². The van der Waals surface area contributed by atoms with Gasteiger partial charge >= 0.3 is 5.97 Å². The molecule has 1 aromatic carbocycles. The van der Waals surface area contributed by atoms with Gasteiger partial charge in [0.1, 0.15) is 4.88 Å². The third-order valence-electron chi connectivity index (χ3n) is 2.43. The number of rotatable bonds is 3. The Balaban J connectivity index is 2.38. The van der Waals surface area contributed by atoms with E-state index in [0.29, 0.717) is 22.2 Å². The molecule has 0 aliphatic carbocycles. The van der Waals surface area contributed by atoms with E-state index < -0.39 is 0 Å². The molecule has 1 aromatic heterocycles. The summed E-state index contributed by atoms with van der Waals surface area (Å²) in [5, 5.41) is 0.683. The highest BCUT2D eigenvalue weighted by atomic mass is 127. The highest BCUT2D eigenvalue weighted by Gasteiger charge is 2.16. The predicted molar refractivity (Wildman–Crippen MR) is 87.9 cm³/mol. The van der Waals surface area contributed by atoms with E-state index in [1.807, 2.05) is 18.2 Å². The predicted octanol–water partition coefficient (Wildman–Crippen LogP) is 4.43. The number of carbonyl (C=O) groups is 1. The maximum Gasteiger partial charge on any atom is 0.350 e. The minimum absolute atomic E-state index is 0.334. The molecule has 19 heavy (non-hydrogen) atoms. The standard InChI is InChI=1S/C13H11ClINO2S/c1-2-18-13(17)12-10(16)6-11(19-12)7-3-4-9(15)8(14)5-7/h3-6H,2,16H2,1H3. The molecule has 0 radical (unpaired) electrons. The second-order valence-corrected chi connectivity index (χ2v) is 6.37. The van der Waals surface area contributed by atoms with Crippen molar-refractivity contribution in [1.29, 1.82) is 0 Å². The summed E-state index contributed by atoms with van der Waals surface area (Å²) in [7, 11) is 0. The Labute approximate surface area is 133 Å². The van der Waals surface area contributed by atoms with E-state index in [-0.39, 0.29) is 5.97 Å². The van der Waals surface area contributed by atoms with Gasteiger partial charge in [0.2, 0.25) is 0 Å². The molecule has 6 heteroatoms. The van der Waals surface area contributed by atoms with Crippen molar-refractivity contribution in [2.24, 2.45) is 0 Å². The Morgan fingerprint density at radius 1 is 1.47 bits per heavy atom. The van der Waals surface area contributed by atoms with E-state index in [4.69, 9.17) is 22.1 Å². The summed E-state index contributed by atoms with van der Waals surface area (Å²) in [4.78, 5) is 13.1. The van der Waals surface area contributed by atoms with Gasteiger partial charge in [0, 0.05) is 8.45 Å². The fourth-order valence-corrected chi connectivity index (χ4v) is 3.04. The molecule has 100 valence electrons. The monoisotopic (exact) mass is 407 g/mol. The first-order valence-electron chi connectivity index (χ1n) is 5.54. The quantitative estimate of drug-likeness (QED) is 0.605. The molecule has 2 N–H and O–H groups in total. The molecule has 1 heterocycles. The fourth-order valence-electron chi connectivity index (χ4n) is 1.55. The molecule has 2 aromatic rings. The number of thiophene rings is 1. The lowest BCUT2D eigenvalue weighted by Crippen LogP contribution is -2.04. The van der Waals surface area contributed by atoms with Crippen molar-refractivity contribution < 1.29 is 9.53 Å². The molecule has 0 bridgehead atoms. The molecule has 0 aliphatic rings. The van der Waals surface area contributed by atoms with E-state index in [1.54, 1.807) is 13.0 Å². The van der Waals surface area contributed by atoms with E-state index in [1.165, 1.54) is 11.3 Å². The highest BCUT2D eigenvalue weighted by molar-refractivity contribution is 14.1. The molecular weight excluding hydrogens is 397 g/mol. The number of carbonyl (C=O) groups excluding carboxylic acids is 1. The summed E-state index contributed by atoms with van der Waals surface area (Å²) in [5.41, 5.74) is 7.23. The summed E-state index contributed by atoms with van der Waals surface area (Å²) in [5.74, 6) is -0.382. The fraction of sp³-hybridized carbons (Fsp3) is 0.154. The summed E-state index contributed by atoms with van der Waals surface area (Å²) in [6.45, 7) is 2.10. The minimum atomic E-state index is -0.382. The number of anilines is 1. The van der Waals surface area contributed by atoms with Gasteiger partial charge in [-0.1, -0.05) is 17.7 Å². The number of ether oxygens (including phenoxy) is 1. The number of hydrogen-bond donors (Lipinski definition) is 1. The molecule has 0 aliphatic heterocycles. The van der Waals surface area contributed by atoms with Gasteiger partial charge in [-0.2, -0.15) is 0 Å². The first-order chi connectivity index (χ1) is 9.02. The number of esters is 1. The topological polar surface area (TPSA) is 52.3 Å². The van der Waals surface area contributed by atoms with E-state index in [9.17, 15) is 4.79 Å². The van der Waals surface area contributed by atoms with Crippen LogP contribution in [0.1, 0.15) is 16.6 Å². The van der Waals surface area contributed by atoms with E-state index in [2.05, 4.69) is 22.6 Å². The van der Waals surface area contributed by atoms with Crippen LogP contribution in [0.15, 0.2) is 24.3 Å². The third-order valence-corrected chi connectivity index (χ3v) is 5.18. The third kappa shape index (κ3) is 3.21. The Morgan fingerprint density at radius 2 is 2.21 bits per heavy atom. The van der Waals surface area contributed by atoms with Crippen LogP contribution in [0.3, 0.4) is 0 Å². The maximum absolute atomic E-state index is 11.7. The van der Waals surface area contributed by atoms with Crippen LogP contribution in [0.5, 0.6) is 0 Å². The average molecular weight is 408 g/mol.